The number of fused-ring (bicyclic) bond motifs is 2. The molecule has 3 nitrogen and oxygen atoms in total. The average molecular weight is 337 g/mol. The molecule has 1 heterocycles. The molecule has 3 aliphatic rings. The minimum absolute atomic E-state index is 0.126. The van der Waals surface area contributed by atoms with E-state index in [4.69, 9.17) is 9.47 Å². The van der Waals surface area contributed by atoms with E-state index in [2.05, 4.69) is 34.1 Å². The molecule has 20 heavy (non-hydrogen) atoms. The predicted molar refractivity (Wildman–Crippen MR) is 77.2 cm³/mol. The van der Waals surface area contributed by atoms with Crippen LogP contribution in [-0.4, -0.2) is 18.4 Å². The molecule has 1 saturated heterocycles. The summed E-state index contributed by atoms with van der Waals surface area (Å²) >= 11 is 3.56. The molecule has 1 aromatic carbocycles. The molecule has 106 valence electrons. The molecule has 3 atom stereocenters. The van der Waals surface area contributed by atoms with Crippen molar-refractivity contribution in [1.29, 1.82) is 0 Å². The molecule has 0 N–H and O–H groups in total. The molecule has 0 amide bonds. The second-order valence-corrected chi connectivity index (χ2v) is 7.17. The zero-order valence-electron chi connectivity index (χ0n) is 11.2. The number of hydrogen-bond donors (Lipinski definition) is 0. The van der Waals surface area contributed by atoms with Gasteiger partial charge in [-0.1, -0.05) is 22.0 Å². The summed E-state index contributed by atoms with van der Waals surface area (Å²) in [5.41, 5.74) is 2.91. The van der Waals surface area contributed by atoms with Crippen molar-refractivity contribution in [2.75, 3.05) is 6.61 Å². The molecule has 1 unspecified atom stereocenters. The summed E-state index contributed by atoms with van der Waals surface area (Å²) in [5, 5.41) is 0. The number of carbonyl (C=O) groups excluding carboxylic acids is 1. The van der Waals surface area contributed by atoms with Crippen molar-refractivity contribution in [3.63, 3.8) is 0 Å². The van der Waals surface area contributed by atoms with Crippen LogP contribution in [0.4, 0.5) is 0 Å². The van der Waals surface area contributed by atoms with Gasteiger partial charge in [0.2, 0.25) is 5.79 Å². The molecule has 4 rings (SSSR count). The van der Waals surface area contributed by atoms with Crippen LogP contribution in [-0.2, 0) is 27.1 Å². The second-order valence-electron chi connectivity index (χ2n) is 6.26. The van der Waals surface area contributed by atoms with Gasteiger partial charge in [-0.2, -0.15) is 0 Å². The van der Waals surface area contributed by atoms with Crippen LogP contribution in [0.3, 0.4) is 0 Å². The van der Waals surface area contributed by atoms with Gasteiger partial charge in [-0.05, 0) is 54.4 Å². The van der Waals surface area contributed by atoms with Gasteiger partial charge in [0.05, 0.1) is 0 Å². The Bertz CT molecular complexity index is 571. The van der Waals surface area contributed by atoms with Crippen molar-refractivity contribution < 1.29 is 14.3 Å². The SMILES string of the molecule is O=C1COC2(CC[C@@H]3Cc4cc(Br)ccc4C[C@@H]3C2)O1. The lowest BCUT2D eigenvalue weighted by Gasteiger charge is -2.43. The zero-order valence-corrected chi connectivity index (χ0v) is 12.8. The third-order valence-corrected chi connectivity index (χ3v) is 5.51. The number of benzene rings is 1. The van der Waals surface area contributed by atoms with Crippen LogP contribution in [0.2, 0.25) is 0 Å². The fraction of sp³-hybridized carbons (Fsp3) is 0.562. The fourth-order valence-corrected chi connectivity index (χ4v) is 4.45. The summed E-state index contributed by atoms with van der Waals surface area (Å²) < 4.78 is 12.3. The second kappa shape index (κ2) is 4.57. The maximum Gasteiger partial charge on any atom is 0.334 e. The molecule has 1 aromatic rings. The summed E-state index contributed by atoms with van der Waals surface area (Å²) in [6.45, 7) is 0.126. The van der Waals surface area contributed by atoms with Crippen molar-refractivity contribution in [3.05, 3.63) is 33.8 Å². The highest BCUT2D eigenvalue weighted by Crippen LogP contribution is 2.47. The van der Waals surface area contributed by atoms with Gasteiger partial charge < -0.3 is 9.47 Å². The quantitative estimate of drug-likeness (QED) is 0.682. The Morgan fingerprint density at radius 3 is 2.85 bits per heavy atom. The lowest BCUT2D eigenvalue weighted by Crippen LogP contribution is -2.43. The van der Waals surface area contributed by atoms with Crippen LogP contribution in [0.15, 0.2) is 22.7 Å². The van der Waals surface area contributed by atoms with Crippen LogP contribution in [0.25, 0.3) is 0 Å². The number of carbonyl (C=O) groups is 1. The van der Waals surface area contributed by atoms with Gasteiger partial charge in [-0.25, -0.2) is 4.79 Å². The van der Waals surface area contributed by atoms with E-state index in [1.807, 2.05) is 0 Å². The molecule has 1 aliphatic heterocycles. The Labute approximate surface area is 126 Å². The first kappa shape index (κ1) is 12.8. The van der Waals surface area contributed by atoms with Crippen LogP contribution in [0, 0.1) is 11.8 Å². The third kappa shape index (κ3) is 2.09. The molecule has 2 fully saturated rings. The maximum atomic E-state index is 11.4. The molecule has 1 saturated carbocycles. The van der Waals surface area contributed by atoms with Gasteiger partial charge in [-0.15, -0.1) is 0 Å². The highest BCUT2D eigenvalue weighted by atomic mass is 79.9. The Morgan fingerprint density at radius 2 is 2.05 bits per heavy atom. The van der Waals surface area contributed by atoms with Gasteiger partial charge in [0.15, 0.2) is 0 Å². The summed E-state index contributed by atoms with van der Waals surface area (Å²) in [5.74, 6) is 0.461. The van der Waals surface area contributed by atoms with Crippen molar-refractivity contribution in [1.82, 2.24) is 0 Å². The van der Waals surface area contributed by atoms with Gasteiger partial charge in [0.1, 0.15) is 6.61 Å². The first-order valence-corrected chi connectivity index (χ1v) is 8.06. The Morgan fingerprint density at radius 1 is 1.20 bits per heavy atom. The van der Waals surface area contributed by atoms with E-state index in [9.17, 15) is 4.79 Å². The van der Waals surface area contributed by atoms with Gasteiger partial charge in [0.25, 0.3) is 0 Å². The van der Waals surface area contributed by atoms with Crippen LogP contribution >= 0.6 is 15.9 Å². The minimum Gasteiger partial charge on any atom is -0.431 e. The molecular formula is C16H17BrO3. The van der Waals surface area contributed by atoms with Crippen molar-refractivity contribution in [2.24, 2.45) is 11.8 Å². The van der Waals surface area contributed by atoms with E-state index in [0.717, 1.165) is 36.6 Å². The van der Waals surface area contributed by atoms with Crippen LogP contribution in [0.1, 0.15) is 30.4 Å². The number of hydrogen-bond acceptors (Lipinski definition) is 3. The summed E-state index contributed by atoms with van der Waals surface area (Å²) in [6.07, 6.45) is 5.02. The van der Waals surface area contributed by atoms with Crippen LogP contribution < -0.4 is 0 Å². The van der Waals surface area contributed by atoms with Gasteiger partial charge >= 0.3 is 5.97 Å². The van der Waals surface area contributed by atoms with Crippen molar-refractivity contribution >= 4 is 21.9 Å². The molecule has 0 bridgehead atoms. The van der Waals surface area contributed by atoms with E-state index in [1.54, 1.807) is 0 Å². The van der Waals surface area contributed by atoms with E-state index in [-0.39, 0.29) is 12.6 Å². The fourth-order valence-electron chi connectivity index (χ4n) is 4.05. The molecule has 0 radical (unpaired) electrons. The van der Waals surface area contributed by atoms with E-state index in [0.29, 0.717) is 11.8 Å². The standard InChI is InChI=1S/C16H17BrO3/c17-14-2-1-10-6-13-8-16(19-9-15(18)20-16)4-3-11(13)5-12(10)7-14/h1-2,7,11,13H,3-6,8-9H2/t11-,13-,16?/m1/s1. The van der Waals surface area contributed by atoms with Crippen molar-refractivity contribution in [3.8, 4) is 0 Å². The van der Waals surface area contributed by atoms with E-state index in [1.165, 1.54) is 11.1 Å². The van der Waals surface area contributed by atoms with Gasteiger partial charge in [0, 0.05) is 17.3 Å². The Hall–Kier alpha value is -0.870. The monoisotopic (exact) mass is 336 g/mol. The maximum absolute atomic E-state index is 11.4. The highest BCUT2D eigenvalue weighted by Gasteiger charge is 2.49. The molecule has 1 spiro atoms. The topological polar surface area (TPSA) is 35.5 Å². The number of ether oxygens (including phenoxy) is 2. The minimum atomic E-state index is -0.606. The van der Waals surface area contributed by atoms with Gasteiger partial charge in [-0.3, -0.25) is 0 Å². The molecule has 0 aromatic heterocycles. The smallest absolute Gasteiger partial charge is 0.334 e. The molecule has 2 aliphatic carbocycles. The summed E-state index contributed by atoms with van der Waals surface area (Å²) in [6, 6.07) is 6.59. The number of esters is 1. The van der Waals surface area contributed by atoms with Crippen molar-refractivity contribution in [2.45, 2.75) is 37.9 Å². The predicted octanol–water partition coefficient (Wildman–Crippen LogP) is 3.23. The first-order chi connectivity index (χ1) is 9.63. The van der Waals surface area contributed by atoms with Crippen LogP contribution in [0.5, 0.6) is 0 Å². The highest BCUT2D eigenvalue weighted by molar-refractivity contribution is 9.10. The summed E-state index contributed by atoms with van der Waals surface area (Å²) in [4.78, 5) is 11.4. The largest absolute Gasteiger partial charge is 0.431 e. The third-order valence-electron chi connectivity index (χ3n) is 5.02. The van der Waals surface area contributed by atoms with E-state index < -0.39 is 5.79 Å². The summed E-state index contributed by atoms with van der Waals surface area (Å²) in [7, 11) is 0. The van der Waals surface area contributed by atoms with E-state index >= 15 is 0 Å². The zero-order chi connectivity index (χ0) is 13.7. The molecular weight excluding hydrogens is 320 g/mol. The first-order valence-electron chi connectivity index (χ1n) is 7.27. The average Bonchev–Trinajstić information content (AvgIpc) is 2.78. The lowest BCUT2D eigenvalue weighted by molar-refractivity contribution is -0.199. The Kier molecular flexibility index (Phi) is 2.93. The normalized spacial score (nSPS) is 35.5. The molecule has 4 heteroatoms. The number of halogens is 1. The Balaban J connectivity index is 1.58. The number of rotatable bonds is 0. The lowest BCUT2D eigenvalue weighted by atomic mass is 9.67.